The molecule has 0 fully saturated rings. The summed E-state index contributed by atoms with van der Waals surface area (Å²) in [4.78, 5) is 36.8. The van der Waals surface area contributed by atoms with E-state index in [1.165, 1.54) is 0 Å². The SMILES string of the molecule is CC/C=C\C/C=C\C/C=C\C/C=C\C/C=C\CCCC(=O)OC(COC(=O)CCCCCC)COP(=O)([O-])OCC[N+](C)(C)C. The number of allylic oxidation sites excluding steroid dienone is 10. The molecule has 2 atom stereocenters. The van der Waals surface area contributed by atoms with Gasteiger partial charge in [-0.05, 0) is 51.4 Å². The molecule has 0 rings (SSSR count). The highest BCUT2D eigenvalue weighted by Gasteiger charge is 2.21. The van der Waals surface area contributed by atoms with Gasteiger partial charge in [-0.1, -0.05) is 93.9 Å². The van der Waals surface area contributed by atoms with Crippen LogP contribution in [0.4, 0.5) is 0 Å². The molecule has 0 radical (unpaired) electrons. The van der Waals surface area contributed by atoms with Gasteiger partial charge in [-0.25, -0.2) is 0 Å². The topological polar surface area (TPSA) is 111 Å². The molecule has 0 spiro atoms. The van der Waals surface area contributed by atoms with E-state index in [9.17, 15) is 19.0 Å². The van der Waals surface area contributed by atoms with Crippen molar-refractivity contribution in [1.82, 2.24) is 0 Å². The number of hydrogen-bond acceptors (Lipinski definition) is 8. The van der Waals surface area contributed by atoms with Crippen molar-refractivity contribution >= 4 is 19.8 Å². The van der Waals surface area contributed by atoms with Crippen molar-refractivity contribution in [3.8, 4) is 0 Å². The van der Waals surface area contributed by atoms with Crippen LogP contribution >= 0.6 is 7.82 Å². The predicted molar refractivity (Wildman–Crippen MR) is 180 cm³/mol. The molecule has 0 aliphatic rings. The van der Waals surface area contributed by atoms with E-state index in [-0.39, 0.29) is 26.1 Å². The van der Waals surface area contributed by atoms with Gasteiger partial charge < -0.3 is 27.9 Å². The van der Waals surface area contributed by atoms with Crippen LogP contribution in [0.2, 0.25) is 0 Å². The number of hydrogen-bond donors (Lipinski definition) is 0. The highest BCUT2D eigenvalue weighted by molar-refractivity contribution is 7.45. The van der Waals surface area contributed by atoms with Gasteiger partial charge in [0.25, 0.3) is 7.82 Å². The molecule has 9 nitrogen and oxygen atoms in total. The molecule has 0 bridgehead atoms. The Morgan fingerprint density at radius 2 is 1.27 bits per heavy atom. The van der Waals surface area contributed by atoms with Gasteiger partial charge in [-0.2, -0.15) is 0 Å². The zero-order valence-electron chi connectivity index (χ0n) is 28.5. The highest BCUT2D eigenvalue weighted by atomic mass is 31.2. The molecule has 0 aliphatic heterocycles. The van der Waals surface area contributed by atoms with Gasteiger partial charge in [0.1, 0.15) is 19.8 Å². The van der Waals surface area contributed by atoms with Crippen LogP contribution in [-0.4, -0.2) is 70.0 Å². The van der Waals surface area contributed by atoms with E-state index < -0.39 is 32.5 Å². The maximum Gasteiger partial charge on any atom is 0.306 e. The lowest BCUT2D eigenvalue weighted by molar-refractivity contribution is -0.870. The van der Waals surface area contributed by atoms with Gasteiger partial charge in [0.15, 0.2) is 6.10 Å². The second-order valence-electron chi connectivity index (χ2n) is 11.8. The second kappa shape index (κ2) is 28.0. The number of phosphoric acid groups is 1. The van der Waals surface area contributed by atoms with E-state index in [1.54, 1.807) is 0 Å². The third-order valence-corrected chi connectivity index (χ3v) is 7.27. The van der Waals surface area contributed by atoms with Crippen molar-refractivity contribution in [2.75, 3.05) is 47.5 Å². The number of unbranched alkanes of at least 4 members (excludes halogenated alkanes) is 4. The largest absolute Gasteiger partial charge is 0.756 e. The molecule has 0 amide bonds. The summed E-state index contributed by atoms with van der Waals surface area (Å²) in [5.74, 6) is -0.934. The molecule has 0 saturated carbocycles. The minimum atomic E-state index is -4.62. The van der Waals surface area contributed by atoms with Gasteiger partial charge in [-0.3, -0.25) is 14.2 Å². The molecule has 0 aromatic rings. The van der Waals surface area contributed by atoms with Crippen molar-refractivity contribution in [2.45, 2.75) is 103 Å². The molecule has 258 valence electrons. The summed E-state index contributed by atoms with van der Waals surface area (Å²) in [5.41, 5.74) is 0. The average Bonchev–Trinajstić information content (AvgIpc) is 2.97. The summed E-state index contributed by atoms with van der Waals surface area (Å²) in [5, 5.41) is 0. The van der Waals surface area contributed by atoms with Crippen molar-refractivity contribution in [1.29, 1.82) is 0 Å². The number of ether oxygens (including phenoxy) is 2. The van der Waals surface area contributed by atoms with Crippen LogP contribution in [0.1, 0.15) is 97.3 Å². The summed E-state index contributed by atoms with van der Waals surface area (Å²) in [6.45, 7) is 3.85. The summed E-state index contributed by atoms with van der Waals surface area (Å²) in [7, 11) is 1.11. The Labute approximate surface area is 273 Å². The first kappa shape index (κ1) is 42.7. The Morgan fingerprint density at radius 1 is 0.711 bits per heavy atom. The normalized spacial score (nSPS) is 14.7. The Hall–Kier alpha value is -2.29. The number of nitrogens with zero attached hydrogens (tertiary/aromatic N) is 1. The van der Waals surface area contributed by atoms with E-state index >= 15 is 0 Å². The number of quaternary nitrogens is 1. The fourth-order valence-electron chi connectivity index (χ4n) is 3.69. The lowest BCUT2D eigenvalue weighted by Gasteiger charge is -2.28. The highest BCUT2D eigenvalue weighted by Crippen LogP contribution is 2.38. The van der Waals surface area contributed by atoms with Gasteiger partial charge in [0, 0.05) is 12.8 Å². The minimum absolute atomic E-state index is 0.0444. The van der Waals surface area contributed by atoms with Crippen LogP contribution in [0.5, 0.6) is 0 Å². The molecule has 0 aromatic carbocycles. The Kier molecular flexibility index (Phi) is 26.6. The number of rotatable bonds is 28. The van der Waals surface area contributed by atoms with Gasteiger partial charge >= 0.3 is 11.9 Å². The van der Waals surface area contributed by atoms with Crippen LogP contribution in [0.25, 0.3) is 0 Å². The summed E-state index contributed by atoms with van der Waals surface area (Å²) in [6, 6.07) is 0. The molecule has 2 unspecified atom stereocenters. The lowest BCUT2D eigenvalue weighted by Crippen LogP contribution is -2.37. The molecule has 10 heteroatoms. The van der Waals surface area contributed by atoms with Gasteiger partial charge in [0.2, 0.25) is 0 Å². The van der Waals surface area contributed by atoms with Crippen LogP contribution in [0.3, 0.4) is 0 Å². The van der Waals surface area contributed by atoms with Gasteiger partial charge in [0.05, 0.1) is 27.7 Å². The first-order chi connectivity index (χ1) is 21.5. The monoisotopic (exact) mass is 653 g/mol. The Balaban J connectivity index is 4.50. The first-order valence-corrected chi connectivity index (χ1v) is 18.0. The first-order valence-electron chi connectivity index (χ1n) is 16.5. The van der Waals surface area contributed by atoms with E-state index in [1.807, 2.05) is 27.2 Å². The zero-order valence-corrected chi connectivity index (χ0v) is 29.4. The third-order valence-electron chi connectivity index (χ3n) is 6.30. The van der Waals surface area contributed by atoms with Gasteiger partial charge in [-0.15, -0.1) is 0 Å². The number of esters is 2. The summed E-state index contributed by atoms with van der Waals surface area (Å²) < 4.78 is 33.3. The van der Waals surface area contributed by atoms with Crippen molar-refractivity contribution in [3.63, 3.8) is 0 Å². The summed E-state index contributed by atoms with van der Waals surface area (Å²) >= 11 is 0. The maximum absolute atomic E-state index is 12.5. The van der Waals surface area contributed by atoms with E-state index in [4.69, 9.17) is 18.5 Å². The van der Waals surface area contributed by atoms with Crippen LogP contribution in [-0.2, 0) is 32.7 Å². The molecule has 0 aromatic heterocycles. The average molecular weight is 654 g/mol. The number of carbonyl (C=O) groups is 2. The maximum atomic E-state index is 12.5. The molecular weight excluding hydrogens is 593 g/mol. The van der Waals surface area contributed by atoms with Crippen molar-refractivity contribution in [3.05, 3.63) is 60.8 Å². The van der Waals surface area contributed by atoms with E-state index in [0.29, 0.717) is 30.3 Å². The standard InChI is InChI=1S/C35H60NO8P/c1-6-8-10-12-13-14-15-16-17-18-19-20-21-22-23-24-26-28-35(38)44-33(31-41-34(37)27-25-11-9-7-2)32-43-45(39,40)42-30-29-36(3,4)5/h8,10,13-14,16-17,19-20,22-23,33H,6-7,9,11-12,15,18,21,24-32H2,1-5H3/b10-8-,14-13-,17-16-,20-19-,23-22-. The molecule has 0 aliphatic carbocycles. The predicted octanol–water partition coefficient (Wildman–Crippen LogP) is 7.54. The molecule has 0 saturated heterocycles. The fraction of sp³-hybridized carbons (Fsp3) is 0.657. The van der Waals surface area contributed by atoms with Crippen LogP contribution in [0, 0.1) is 0 Å². The molecule has 0 heterocycles. The Bertz CT molecular complexity index is 965. The van der Waals surface area contributed by atoms with Crippen LogP contribution in [0.15, 0.2) is 60.8 Å². The van der Waals surface area contributed by atoms with Crippen molar-refractivity contribution in [2.24, 2.45) is 0 Å². The zero-order chi connectivity index (χ0) is 33.7. The molecule has 0 N–H and O–H groups in total. The number of phosphoric ester groups is 1. The second-order valence-corrected chi connectivity index (χ2v) is 13.2. The summed E-state index contributed by atoms with van der Waals surface area (Å²) in [6.07, 6.45) is 30.4. The van der Waals surface area contributed by atoms with Crippen LogP contribution < -0.4 is 4.89 Å². The quantitative estimate of drug-likeness (QED) is 0.0280. The van der Waals surface area contributed by atoms with E-state index in [0.717, 1.165) is 51.4 Å². The van der Waals surface area contributed by atoms with E-state index in [2.05, 4.69) is 68.5 Å². The molecular formula is C35H60NO8P. The lowest BCUT2D eigenvalue weighted by atomic mass is 10.2. The fourth-order valence-corrected chi connectivity index (χ4v) is 4.41. The number of likely N-dealkylation sites (N-methyl/N-ethyl adjacent to an activating group) is 1. The van der Waals surface area contributed by atoms with Crippen molar-refractivity contribution < 1.29 is 42.1 Å². The Morgan fingerprint density at radius 3 is 1.82 bits per heavy atom. The smallest absolute Gasteiger partial charge is 0.306 e. The number of carbonyl (C=O) groups excluding carboxylic acids is 2. The third kappa shape index (κ3) is 31.5. The molecule has 45 heavy (non-hydrogen) atoms. The minimum Gasteiger partial charge on any atom is -0.756 e.